The summed E-state index contributed by atoms with van der Waals surface area (Å²) in [6.07, 6.45) is 6.07. The Bertz CT molecular complexity index is 744. The fourth-order valence-electron chi connectivity index (χ4n) is 3.51. The summed E-state index contributed by atoms with van der Waals surface area (Å²) in [6, 6.07) is 3.51. The quantitative estimate of drug-likeness (QED) is 0.200. The minimum atomic E-state index is -3.37. The normalized spacial score (nSPS) is 16.7. The molecule has 168 valence electrons. The molecule has 0 atom stereocenters. The molecule has 2 rings (SSSR count). The molecule has 0 unspecified atom stereocenters. The second kappa shape index (κ2) is 12.4. The maximum absolute atomic E-state index is 12.2. The maximum atomic E-state index is 12.2. The van der Waals surface area contributed by atoms with Crippen molar-refractivity contribution in [1.82, 2.24) is 14.9 Å². The van der Waals surface area contributed by atoms with Gasteiger partial charge in [-0.3, -0.25) is 4.99 Å². The van der Waals surface area contributed by atoms with Crippen LogP contribution in [0.15, 0.2) is 21.3 Å². The molecular weight excluding hydrogens is 523 g/mol. The molecule has 0 saturated heterocycles. The zero-order valence-electron chi connectivity index (χ0n) is 17.9. The van der Waals surface area contributed by atoms with Gasteiger partial charge < -0.3 is 15.4 Å². The molecule has 1 aromatic rings. The summed E-state index contributed by atoms with van der Waals surface area (Å²) in [5, 5.41) is 6.76. The van der Waals surface area contributed by atoms with Crippen LogP contribution < -0.4 is 10.6 Å². The molecule has 0 bridgehead atoms. The largest absolute Gasteiger partial charge is 0.382 e. The van der Waals surface area contributed by atoms with Gasteiger partial charge in [0.05, 0.1) is 6.54 Å². The summed E-state index contributed by atoms with van der Waals surface area (Å²) in [5.41, 5.74) is 0.280. The minimum Gasteiger partial charge on any atom is -0.382 e. The SMILES string of the molecule is CCOCCC1(CNC(=NC)NCc2ccc(S(=O)(=O)N(C)C)s2)CCCC1.I. The molecule has 0 aromatic carbocycles. The summed E-state index contributed by atoms with van der Waals surface area (Å²) in [5.74, 6) is 0.744. The van der Waals surface area contributed by atoms with Gasteiger partial charge >= 0.3 is 0 Å². The van der Waals surface area contributed by atoms with Crippen LogP contribution in [0.4, 0.5) is 0 Å². The lowest BCUT2D eigenvalue weighted by Crippen LogP contribution is -2.43. The van der Waals surface area contributed by atoms with Gasteiger partial charge in [-0.25, -0.2) is 12.7 Å². The highest BCUT2D eigenvalue weighted by molar-refractivity contribution is 14.0. The van der Waals surface area contributed by atoms with Gasteiger partial charge in [-0.15, -0.1) is 35.3 Å². The monoisotopic (exact) mass is 558 g/mol. The van der Waals surface area contributed by atoms with Crippen LogP contribution in [0.1, 0.15) is 43.9 Å². The number of aliphatic imine (C=N–C) groups is 1. The van der Waals surface area contributed by atoms with Crippen LogP contribution in [-0.4, -0.2) is 59.6 Å². The van der Waals surface area contributed by atoms with E-state index < -0.39 is 10.0 Å². The summed E-state index contributed by atoms with van der Waals surface area (Å²) < 4.78 is 31.6. The number of nitrogens with zero attached hydrogens (tertiary/aromatic N) is 2. The highest BCUT2D eigenvalue weighted by Crippen LogP contribution is 2.40. The number of hydrogen-bond acceptors (Lipinski definition) is 5. The van der Waals surface area contributed by atoms with Crippen molar-refractivity contribution in [3.63, 3.8) is 0 Å². The van der Waals surface area contributed by atoms with Crippen LogP contribution in [0.5, 0.6) is 0 Å². The van der Waals surface area contributed by atoms with Crippen molar-refractivity contribution in [1.29, 1.82) is 0 Å². The van der Waals surface area contributed by atoms with Gasteiger partial charge in [0.25, 0.3) is 10.0 Å². The van der Waals surface area contributed by atoms with E-state index in [1.807, 2.05) is 13.0 Å². The Hall–Kier alpha value is -0.430. The number of hydrogen-bond donors (Lipinski definition) is 2. The van der Waals surface area contributed by atoms with Crippen molar-refractivity contribution in [3.8, 4) is 0 Å². The van der Waals surface area contributed by atoms with E-state index in [4.69, 9.17) is 4.74 Å². The first-order valence-corrected chi connectivity index (χ1v) is 12.1. The standard InChI is InChI=1S/C19H34N4O3S2.HI/c1-5-26-13-12-19(10-6-7-11-19)15-22-18(20-2)21-14-16-8-9-17(27-16)28(24,25)23(3)4;/h8-9H,5-7,10-15H2,1-4H3,(H2,20,21,22);1H. The van der Waals surface area contributed by atoms with Crippen molar-refractivity contribution >= 4 is 51.3 Å². The van der Waals surface area contributed by atoms with Crippen LogP contribution in [0, 0.1) is 5.41 Å². The van der Waals surface area contributed by atoms with Gasteiger partial charge in [0, 0.05) is 45.8 Å². The topological polar surface area (TPSA) is 83.0 Å². The Morgan fingerprint density at radius 1 is 1.28 bits per heavy atom. The molecule has 0 spiro atoms. The Labute approximate surface area is 196 Å². The van der Waals surface area contributed by atoms with Gasteiger partial charge in [-0.05, 0) is 43.7 Å². The van der Waals surface area contributed by atoms with E-state index >= 15 is 0 Å². The zero-order chi connectivity index (χ0) is 20.6. The van der Waals surface area contributed by atoms with Gasteiger partial charge in [-0.1, -0.05) is 12.8 Å². The number of rotatable bonds is 10. The van der Waals surface area contributed by atoms with Crippen LogP contribution in [-0.2, 0) is 21.3 Å². The van der Waals surface area contributed by atoms with Gasteiger partial charge in [-0.2, -0.15) is 0 Å². The fourth-order valence-corrected chi connectivity index (χ4v) is 5.97. The Kier molecular flexibility index (Phi) is 11.4. The molecule has 1 aliphatic rings. The molecule has 1 fully saturated rings. The molecule has 1 saturated carbocycles. The number of sulfonamides is 1. The lowest BCUT2D eigenvalue weighted by Gasteiger charge is -2.30. The van der Waals surface area contributed by atoms with E-state index in [1.165, 1.54) is 41.3 Å². The predicted molar refractivity (Wildman–Crippen MR) is 131 cm³/mol. The molecule has 10 heteroatoms. The summed E-state index contributed by atoms with van der Waals surface area (Å²) >= 11 is 1.29. The molecule has 0 amide bonds. The van der Waals surface area contributed by atoms with Crippen molar-refractivity contribution in [3.05, 3.63) is 17.0 Å². The predicted octanol–water partition coefficient (Wildman–Crippen LogP) is 3.27. The first-order valence-electron chi connectivity index (χ1n) is 9.86. The number of ether oxygens (including phenoxy) is 1. The molecular formula is C19H35IN4O3S2. The second-order valence-corrected chi connectivity index (χ2v) is 11.0. The van der Waals surface area contributed by atoms with Crippen molar-refractivity contribution in [2.45, 2.75) is 49.8 Å². The lowest BCUT2D eigenvalue weighted by atomic mass is 9.83. The van der Waals surface area contributed by atoms with E-state index in [0.717, 1.165) is 37.0 Å². The fraction of sp³-hybridized carbons (Fsp3) is 0.737. The third kappa shape index (κ3) is 7.64. The molecule has 1 heterocycles. The van der Waals surface area contributed by atoms with E-state index in [9.17, 15) is 8.42 Å². The number of thiophene rings is 1. The van der Waals surface area contributed by atoms with Crippen molar-refractivity contribution in [2.24, 2.45) is 10.4 Å². The van der Waals surface area contributed by atoms with E-state index in [2.05, 4.69) is 15.6 Å². The summed E-state index contributed by atoms with van der Waals surface area (Å²) in [6.45, 7) is 5.02. The van der Waals surface area contributed by atoms with Crippen LogP contribution in [0.25, 0.3) is 0 Å². The molecule has 7 nitrogen and oxygen atoms in total. The minimum absolute atomic E-state index is 0. The Morgan fingerprint density at radius 2 is 1.97 bits per heavy atom. The van der Waals surface area contributed by atoms with Gasteiger partial charge in [0.15, 0.2) is 5.96 Å². The number of halogens is 1. The zero-order valence-corrected chi connectivity index (χ0v) is 21.8. The maximum Gasteiger partial charge on any atom is 0.252 e. The van der Waals surface area contributed by atoms with Crippen LogP contribution in [0.3, 0.4) is 0 Å². The highest BCUT2D eigenvalue weighted by Gasteiger charge is 2.33. The van der Waals surface area contributed by atoms with Crippen molar-refractivity contribution < 1.29 is 13.2 Å². The van der Waals surface area contributed by atoms with E-state index in [0.29, 0.717) is 10.8 Å². The molecule has 2 N–H and O–H groups in total. The van der Waals surface area contributed by atoms with Crippen LogP contribution in [0.2, 0.25) is 0 Å². The molecule has 29 heavy (non-hydrogen) atoms. The summed E-state index contributed by atoms with van der Waals surface area (Å²) in [7, 11) is 1.47. The smallest absolute Gasteiger partial charge is 0.252 e. The molecule has 0 aliphatic heterocycles. The Morgan fingerprint density at radius 3 is 2.55 bits per heavy atom. The Balaban J connectivity index is 0.00000420. The van der Waals surface area contributed by atoms with E-state index in [1.54, 1.807) is 27.2 Å². The van der Waals surface area contributed by atoms with E-state index in [-0.39, 0.29) is 29.4 Å². The average molecular weight is 559 g/mol. The van der Waals surface area contributed by atoms with Gasteiger partial charge in [0.1, 0.15) is 4.21 Å². The average Bonchev–Trinajstić information content (AvgIpc) is 3.32. The number of nitrogens with one attached hydrogen (secondary N) is 2. The molecule has 1 aromatic heterocycles. The second-order valence-electron chi connectivity index (χ2n) is 7.44. The third-order valence-electron chi connectivity index (χ3n) is 5.30. The number of guanidine groups is 1. The molecule has 0 radical (unpaired) electrons. The van der Waals surface area contributed by atoms with Crippen LogP contribution >= 0.6 is 35.3 Å². The highest BCUT2D eigenvalue weighted by atomic mass is 127. The summed E-state index contributed by atoms with van der Waals surface area (Å²) in [4.78, 5) is 5.27. The lowest BCUT2D eigenvalue weighted by molar-refractivity contribution is 0.105. The first-order chi connectivity index (χ1) is 13.3. The van der Waals surface area contributed by atoms with Gasteiger partial charge in [0.2, 0.25) is 0 Å². The third-order valence-corrected chi connectivity index (χ3v) is 8.67. The first kappa shape index (κ1) is 26.6. The molecule has 1 aliphatic carbocycles. The van der Waals surface area contributed by atoms with Crippen molar-refractivity contribution in [2.75, 3.05) is 40.9 Å².